The van der Waals surface area contributed by atoms with Gasteiger partial charge in [0.05, 0.1) is 0 Å². The Balaban J connectivity index is 2.03. The number of piperidine rings is 1. The molecule has 1 heterocycles. The van der Waals surface area contributed by atoms with Crippen LogP contribution in [0.4, 0.5) is 0 Å². The zero-order valence-corrected chi connectivity index (χ0v) is 8.76. The van der Waals surface area contributed by atoms with Gasteiger partial charge in [0.15, 0.2) is 0 Å². The molecule has 0 bridgehead atoms. The van der Waals surface area contributed by atoms with Gasteiger partial charge < -0.3 is 10.2 Å². The van der Waals surface area contributed by atoms with E-state index in [0.29, 0.717) is 0 Å². The quantitative estimate of drug-likeness (QED) is 0.512. The van der Waals surface area contributed by atoms with Crippen LogP contribution in [-0.2, 0) is 0 Å². The van der Waals surface area contributed by atoms with Crippen LogP contribution in [0, 0.1) is 5.92 Å². The highest BCUT2D eigenvalue weighted by atomic mass is 15.1. The average molecular weight is 182 g/mol. The summed E-state index contributed by atoms with van der Waals surface area (Å²) in [5.41, 5.74) is 0. The highest BCUT2D eigenvalue weighted by molar-refractivity contribution is 4.73. The van der Waals surface area contributed by atoms with Gasteiger partial charge in [-0.3, -0.25) is 0 Å². The molecule has 0 amide bonds. The van der Waals surface area contributed by atoms with Crippen LogP contribution >= 0.6 is 0 Å². The lowest BCUT2D eigenvalue weighted by molar-refractivity contribution is 0.206. The topological polar surface area (TPSA) is 15.3 Å². The van der Waals surface area contributed by atoms with Gasteiger partial charge in [-0.05, 0) is 51.9 Å². The normalized spacial score (nSPS) is 24.5. The van der Waals surface area contributed by atoms with Crippen LogP contribution in [0.2, 0.25) is 0 Å². The lowest BCUT2D eigenvalue weighted by Crippen LogP contribution is -2.37. The number of likely N-dealkylation sites (tertiary alicyclic amines) is 1. The number of nitrogens with zero attached hydrogens (tertiary/aromatic N) is 1. The first-order chi connectivity index (χ1) is 6.33. The minimum absolute atomic E-state index is 0.864. The molecule has 1 atom stereocenters. The molecule has 1 aliphatic heterocycles. The number of rotatable bonds is 5. The number of hydrogen-bond acceptors (Lipinski definition) is 2. The molecule has 76 valence electrons. The molecule has 2 nitrogen and oxygen atoms in total. The van der Waals surface area contributed by atoms with Gasteiger partial charge in [-0.1, -0.05) is 6.08 Å². The summed E-state index contributed by atoms with van der Waals surface area (Å²) >= 11 is 0. The summed E-state index contributed by atoms with van der Waals surface area (Å²) in [6.45, 7) is 8.52. The van der Waals surface area contributed by atoms with Crippen LogP contribution in [0.25, 0.3) is 0 Å². The van der Waals surface area contributed by atoms with Crippen molar-refractivity contribution in [3.63, 3.8) is 0 Å². The van der Waals surface area contributed by atoms with E-state index < -0.39 is 0 Å². The van der Waals surface area contributed by atoms with Crippen LogP contribution in [0.3, 0.4) is 0 Å². The lowest BCUT2D eigenvalue weighted by Gasteiger charge is -2.29. The van der Waals surface area contributed by atoms with Crippen molar-refractivity contribution in [1.82, 2.24) is 10.2 Å². The van der Waals surface area contributed by atoms with Gasteiger partial charge in [0.1, 0.15) is 0 Å². The van der Waals surface area contributed by atoms with Crippen LogP contribution in [0.1, 0.15) is 19.3 Å². The van der Waals surface area contributed by atoms with Gasteiger partial charge in [-0.25, -0.2) is 0 Å². The Hall–Kier alpha value is -0.340. The Kier molecular flexibility index (Phi) is 5.09. The summed E-state index contributed by atoms with van der Waals surface area (Å²) in [7, 11) is 2.22. The molecule has 1 rings (SSSR count). The Bertz CT molecular complexity index is 145. The molecule has 0 saturated carbocycles. The van der Waals surface area contributed by atoms with E-state index in [-0.39, 0.29) is 0 Å². The van der Waals surface area contributed by atoms with Gasteiger partial charge >= 0.3 is 0 Å². The third-order valence-electron chi connectivity index (χ3n) is 2.68. The molecule has 0 aromatic carbocycles. The molecular formula is C11H22N2. The summed E-state index contributed by atoms with van der Waals surface area (Å²) in [4.78, 5) is 2.43. The number of hydrogen-bond donors (Lipinski definition) is 1. The van der Waals surface area contributed by atoms with E-state index in [2.05, 4.69) is 23.8 Å². The zero-order valence-electron chi connectivity index (χ0n) is 8.76. The fourth-order valence-electron chi connectivity index (χ4n) is 1.95. The molecule has 1 unspecified atom stereocenters. The summed E-state index contributed by atoms with van der Waals surface area (Å²) in [6.07, 6.45) is 5.82. The van der Waals surface area contributed by atoms with Gasteiger partial charge in [-0.2, -0.15) is 0 Å². The van der Waals surface area contributed by atoms with Crippen LogP contribution in [0.15, 0.2) is 12.7 Å². The van der Waals surface area contributed by atoms with E-state index in [9.17, 15) is 0 Å². The Labute approximate surface area is 82.0 Å². The second-order valence-electron chi connectivity index (χ2n) is 4.05. The van der Waals surface area contributed by atoms with Gasteiger partial charge in [0, 0.05) is 6.54 Å². The van der Waals surface area contributed by atoms with E-state index in [1.165, 1.54) is 32.5 Å². The Morgan fingerprint density at radius 3 is 3.15 bits per heavy atom. The predicted octanol–water partition coefficient (Wildman–Crippen LogP) is 1.49. The zero-order chi connectivity index (χ0) is 9.52. The van der Waals surface area contributed by atoms with Crippen molar-refractivity contribution in [3.05, 3.63) is 12.7 Å². The summed E-state index contributed by atoms with van der Waals surface area (Å²) < 4.78 is 0. The Morgan fingerprint density at radius 1 is 1.62 bits per heavy atom. The summed E-state index contributed by atoms with van der Waals surface area (Å²) in [6, 6.07) is 0. The SMILES string of the molecule is C=CCCNCC1CCCN(C)C1. The molecular weight excluding hydrogens is 160 g/mol. The molecule has 1 saturated heterocycles. The maximum absolute atomic E-state index is 3.71. The molecule has 1 aliphatic rings. The fourth-order valence-corrected chi connectivity index (χ4v) is 1.95. The minimum Gasteiger partial charge on any atom is -0.316 e. The molecule has 0 spiro atoms. The molecule has 0 aromatic rings. The maximum atomic E-state index is 3.71. The predicted molar refractivity (Wildman–Crippen MR) is 57.9 cm³/mol. The van der Waals surface area contributed by atoms with E-state index in [0.717, 1.165) is 18.9 Å². The van der Waals surface area contributed by atoms with Crippen molar-refractivity contribution >= 4 is 0 Å². The van der Waals surface area contributed by atoms with Crippen LogP contribution < -0.4 is 5.32 Å². The average Bonchev–Trinajstić information content (AvgIpc) is 2.13. The van der Waals surface area contributed by atoms with E-state index in [1.54, 1.807) is 0 Å². The second-order valence-corrected chi connectivity index (χ2v) is 4.05. The molecule has 2 heteroatoms. The smallest absolute Gasteiger partial charge is 0.00187 e. The van der Waals surface area contributed by atoms with Crippen LogP contribution in [-0.4, -0.2) is 38.1 Å². The lowest BCUT2D eigenvalue weighted by atomic mass is 9.98. The van der Waals surface area contributed by atoms with E-state index in [1.807, 2.05) is 6.08 Å². The third kappa shape index (κ3) is 4.44. The van der Waals surface area contributed by atoms with Crippen molar-refractivity contribution in [1.29, 1.82) is 0 Å². The molecule has 0 radical (unpaired) electrons. The molecule has 0 aromatic heterocycles. The highest BCUT2D eigenvalue weighted by Crippen LogP contribution is 2.13. The number of nitrogens with one attached hydrogen (secondary N) is 1. The van der Waals surface area contributed by atoms with Gasteiger partial charge in [0.25, 0.3) is 0 Å². The van der Waals surface area contributed by atoms with Crippen LogP contribution in [0.5, 0.6) is 0 Å². The molecule has 1 fully saturated rings. The molecule has 13 heavy (non-hydrogen) atoms. The third-order valence-corrected chi connectivity index (χ3v) is 2.68. The maximum Gasteiger partial charge on any atom is 0.00187 e. The molecule has 0 aliphatic carbocycles. The Morgan fingerprint density at radius 2 is 2.46 bits per heavy atom. The first kappa shape index (κ1) is 10.7. The first-order valence-electron chi connectivity index (χ1n) is 5.33. The standard InChI is InChI=1S/C11H22N2/c1-3-4-7-12-9-11-6-5-8-13(2)10-11/h3,11-12H,1,4-10H2,2H3. The van der Waals surface area contributed by atoms with Crippen molar-refractivity contribution in [2.75, 3.05) is 33.2 Å². The minimum atomic E-state index is 0.864. The second kappa shape index (κ2) is 6.17. The van der Waals surface area contributed by atoms with Crippen molar-refractivity contribution < 1.29 is 0 Å². The first-order valence-corrected chi connectivity index (χ1v) is 5.33. The van der Waals surface area contributed by atoms with E-state index in [4.69, 9.17) is 0 Å². The van der Waals surface area contributed by atoms with Gasteiger partial charge in [0.2, 0.25) is 0 Å². The van der Waals surface area contributed by atoms with Crippen molar-refractivity contribution in [2.45, 2.75) is 19.3 Å². The van der Waals surface area contributed by atoms with Crippen molar-refractivity contribution in [2.24, 2.45) is 5.92 Å². The van der Waals surface area contributed by atoms with Crippen molar-refractivity contribution in [3.8, 4) is 0 Å². The molecule has 1 N–H and O–H groups in total. The fraction of sp³-hybridized carbons (Fsp3) is 0.818. The largest absolute Gasteiger partial charge is 0.316 e. The van der Waals surface area contributed by atoms with Gasteiger partial charge in [-0.15, -0.1) is 6.58 Å². The monoisotopic (exact) mass is 182 g/mol. The highest BCUT2D eigenvalue weighted by Gasteiger charge is 2.15. The van der Waals surface area contributed by atoms with E-state index >= 15 is 0 Å². The summed E-state index contributed by atoms with van der Waals surface area (Å²) in [5, 5.41) is 3.48. The summed E-state index contributed by atoms with van der Waals surface area (Å²) in [5.74, 6) is 0.864.